The highest BCUT2D eigenvalue weighted by atomic mass is 16.5. The van der Waals surface area contributed by atoms with Crippen LogP contribution in [0.25, 0.3) is 0 Å². The standard InChI is InChI=1S/C15H22N2O4/c1-10-14(15(19)16(2)3)11-9-17(7-5-12(11)21-10)13(18)6-8-20-4/h5-9H2,1-4H3. The number of aryl methyl sites for hydroxylation is 1. The van der Waals surface area contributed by atoms with Gasteiger partial charge in [-0.3, -0.25) is 9.59 Å². The molecule has 0 fully saturated rings. The van der Waals surface area contributed by atoms with Crippen LogP contribution in [0, 0.1) is 6.92 Å². The van der Waals surface area contributed by atoms with E-state index in [0.29, 0.717) is 43.9 Å². The van der Waals surface area contributed by atoms with Crippen LogP contribution in [0.5, 0.6) is 0 Å². The van der Waals surface area contributed by atoms with E-state index in [1.807, 2.05) is 0 Å². The molecule has 0 atom stereocenters. The van der Waals surface area contributed by atoms with Gasteiger partial charge in [0.15, 0.2) is 0 Å². The average molecular weight is 294 g/mol. The summed E-state index contributed by atoms with van der Waals surface area (Å²) in [6, 6.07) is 0. The topological polar surface area (TPSA) is 63.0 Å². The molecule has 2 amide bonds. The molecule has 1 aromatic heterocycles. The maximum Gasteiger partial charge on any atom is 0.257 e. The summed E-state index contributed by atoms with van der Waals surface area (Å²) in [4.78, 5) is 27.7. The first-order valence-electron chi connectivity index (χ1n) is 7.05. The molecule has 1 aliphatic rings. The summed E-state index contributed by atoms with van der Waals surface area (Å²) in [5, 5.41) is 0. The Morgan fingerprint density at radius 2 is 2.10 bits per heavy atom. The number of amides is 2. The molecule has 21 heavy (non-hydrogen) atoms. The van der Waals surface area contributed by atoms with Gasteiger partial charge in [-0.25, -0.2) is 0 Å². The molecule has 0 N–H and O–H groups in total. The maximum absolute atomic E-state index is 12.3. The van der Waals surface area contributed by atoms with Crippen LogP contribution >= 0.6 is 0 Å². The number of hydrogen-bond acceptors (Lipinski definition) is 4. The molecule has 0 bridgehead atoms. The van der Waals surface area contributed by atoms with Crippen molar-refractivity contribution in [1.82, 2.24) is 9.80 Å². The Balaban J connectivity index is 2.23. The van der Waals surface area contributed by atoms with E-state index in [1.165, 1.54) is 4.90 Å². The number of ether oxygens (including phenoxy) is 1. The second-order valence-corrected chi connectivity index (χ2v) is 5.44. The van der Waals surface area contributed by atoms with Gasteiger partial charge in [-0.05, 0) is 6.92 Å². The van der Waals surface area contributed by atoms with Gasteiger partial charge in [0.05, 0.1) is 18.6 Å². The lowest BCUT2D eigenvalue weighted by Gasteiger charge is -2.27. The molecule has 0 saturated carbocycles. The summed E-state index contributed by atoms with van der Waals surface area (Å²) in [6.07, 6.45) is 1.01. The fraction of sp³-hybridized carbons (Fsp3) is 0.600. The zero-order chi connectivity index (χ0) is 15.6. The number of carbonyl (C=O) groups is 2. The highest BCUT2D eigenvalue weighted by Gasteiger charge is 2.30. The highest BCUT2D eigenvalue weighted by molar-refractivity contribution is 5.96. The van der Waals surface area contributed by atoms with Gasteiger partial charge in [-0.2, -0.15) is 0 Å². The summed E-state index contributed by atoms with van der Waals surface area (Å²) in [5.41, 5.74) is 1.45. The van der Waals surface area contributed by atoms with E-state index in [0.717, 1.165) is 11.3 Å². The second-order valence-electron chi connectivity index (χ2n) is 5.44. The molecule has 6 nitrogen and oxygen atoms in total. The number of hydrogen-bond donors (Lipinski definition) is 0. The van der Waals surface area contributed by atoms with Crippen LogP contribution in [0.2, 0.25) is 0 Å². The first-order valence-corrected chi connectivity index (χ1v) is 7.05. The predicted octanol–water partition coefficient (Wildman–Crippen LogP) is 1.21. The molecule has 2 heterocycles. The van der Waals surface area contributed by atoms with Crippen molar-refractivity contribution in [2.45, 2.75) is 26.3 Å². The van der Waals surface area contributed by atoms with Crippen molar-refractivity contribution < 1.29 is 18.7 Å². The fourth-order valence-corrected chi connectivity index (χ4v) is 2.59. The minimum Gasteiger partial charge on any atom is -0.465 e. The van der Waals surface area contributed by atoms with Crippen LogP contribution in [-0.4, -0.2) is 56.0 Å². The van der Waals surface area contributed by atoms with Crippen LogP contribution in [-0.2, 0) is 22.5 Å². The van der Waals surface area contributed by atoms with Gasteiger partial charge in [-0.15, -0.1) is 0 Å². The van der Waals surface area contributed by atoms with Crippen molar-refractivity contribution in [2.75, 3.05) is 34.4 Å². The van der Waals surface area contributed by atoms with E-state index >= 15 is 0 Å². The van der Waals surface area contributed by atoms with Gasteiger partial charge in [0.25, 0.3) is 5.91 Å². The van der Waals surface area contributed by atoms with Crippen molar-refractivity contribution in [2.24, 2.45) is 0 Å². The summed E-state index contributed by atoms with van der Waals surface area (Å²) >= 11 is 0. The molecular weight excluding hydrogens is 272 g/mol. The van der Waals surface area contributed by atoms with Gasteiger partial charge in [0.2, 0.25) is 5.91 Å². The van der Waals surface area contributed by atoms with Crippen LogP contribution in [0.3, 0.4) is 0 Å². The minimum atomic E-state index is -0.0799. The first-order chi connectivity index (χ1) is 9.95. The highest BCUT2D eigenvalue weighted by Crippen LogP contribution is 2.29. The lowest BCUT2D eigenvalue weighted by molar-refractivity contribution is -0.133. The summed E-state index contributed by atoms with van der Waals surface area (Å²) < 4.78 is 10.7. The van der Waals surface area contributed by atoms with Crippen LogP contribution in [0.4, 0.5) is 0 Å². The lowest BCUT2D eigenvalue weighted by atomic mass is 10.0. The number of rotatable bonds is 4. The van der Waals surface area contributed by atoms with Crippen molar-refractivity contribution in [3.05, 3.63) is 22.6 Å². The number of nitrogens with zero attached hydrogens (tertiary/aromatic N) is 2. The van der Waals surface area contributed by atoms with Gasteiger partial charge >= 0.3 is 0 Å². The van der Waals surface area contributed by atoms with Gasteiger partial charge in [0, 0.05) is 46.3 Å². The molecule has 116 valence electrons. The third-order valence-corrected chi connectivity index (χ3v) is 3.72. The average Bonchev–Trinajstić information content (AvgIpc) is 2.78. The Hall–Kier alpha value is -1.82. The maximum atomic E-state index is 12.3. The third-order valence-electron chi connectivity index (χ3n) is 3.72. The van der Waals surface area contributed by atoms with E-state index in [4.69, 9.17) is 9.15 Å². The largest absolute Gasteiger partial charge is 0.465 e. The number of carbonyl (C=O) groups excluding carboxylic acids is 2. The Morgan fingerprint density at radius 3 is 2.71 bits per heavy atom. The monoisotopic (exact) mass is 294 g/mol. The summed E-state index contributed by atoms with van der Waals surface area (Å²) in [5.74, 6) is 1.42. The Bertz CT molecular complexity index is 548. The molecule has 0 saturated heterocycles. The van der Waals surface area contributed by atoms with Crippen molar-refractivity contribution in [3.8, 4) is 0 Å². The minimum absolute atomic E-state index is 0.0459. The lowest BCUT2D eigenvalue weighted by Crippen LogP contribution is -2.37. The van der Waals surface area contributed by atoms with Crippen molar-refractivity contribution >= 4 is 11.8 Å². The fourth-order valence-electron chi connectivity index (χ4n) is 2.59. The first kappa shape index (κ1) is 15.6. The Morgan fingerprint density at radius 1 is 1.38 bits per heavy atom. The van der Waals surface area contributed by atoms with Crippen molar-refractivity contribution in [3.63, 3.8) is 0 Å². The molecular formula is C15H22N2O4. The SMILES string of the molecule is COCCC(=O)N1CCc2oc(C)c(C(=O)N(C)C)c2C1. The molecule has 0 aromatic carbocycles. The number of methoxy groups -OCH3 is 1. The molecule has 1 aromatic rings. The van der Waals surface area contributed by atoms with Gasteiger partial charge in [-0.1, -0.05) is 0 Å². The predicted molar refractivity (Wildman–Crippen MR) is 77.1 cm³/mol. The molecule has 6 heteroatoms. The normalized spacial score (nSPS) is 14.0. The smallest absolute Gasteiger partial charge is 0.257 e. The Kier molecular flexibility index (Phi) is 4.67. The molecule has 0 unspecified atom stereocenters. The van der Waals surface area contributed by atoms with Crippen LogP contribution < -0.4 is 0 Å². The Labute approximate surface area is 124 Å². The summed E-state index contributed by atoms with van der Waals surface area (Å²) in [6.45, 7) is 3.27. The number of fused-ring (bicyclic) bond motifs is 1. The summed E-state index contributed by atoms with van der Waals surface area (Å²) in [7, 11) is 5.01. The molecule has 2 rings (SSSR count). The quantitative estimate of drug-likeness (QED) is 0.837. The molecule has 0 radical (unpaired) electrons. The molecule has 0 spiro atoms. The zero-order valence-electron chi connectivity index (χ0n) is 13.1. The third kappa shape index (κ3) is 3.10. The number of furan rings is 1. The second kappa shape index (κ2) is 6.30. The molecule has 1 aliphatic heterocycles. The van der Waals surface area contributed by atoms with E-state index in [-0.39, 0.29) is 11.8 Å². The van der Waals surface area contributed by atoms with Crippen LogP contribution in [0.1, 0.15) is 33.9 Å². The van der Waals surface area contributed by atoms with E-state index < -0.39 is 0 Å². The van der Waals surface area contributed by atoms with Crippen molar-refractivity contribution in [1.29, 1.82) is 0 Å². The van der Waals surface area contributed by atoms with Gasteiger partial charge in [0.1, 0.15) is 11.5 Å². The van der Waals surface area contributed by atoms with Gasteiger partial charge < -0.3 is 19.0 Å². The van der Waals surface area contributed by atoms with E-state index in [9.17, 15) is 9.59 Å². The van der Waals surface area contributed by atoms with E-state index in [2.05, 4.69) is 0 Å². The zero-order valence-corrected chi connectivity index (χ0v) is 13.1. The molecule has 0 aliphatic carbocycles. The van der Waals surface area contributed by atoms with E-state index in [1.54, 1.807) is 33.0 Å². The van der Waals surface area contributed by atoms with Crippen LogP contribution in [0.15, 0.2) is 4.42 Å².